The van der Waals surface area contributed by atoms with E-state index in [0.29, 0.717) is 13.1 Å². The molecule has 0 aliphatic heterocycles. The second kappa shape index (κ2) is 7.14. The molecule has 0 saturated carbocycles. The average Bonchev–Trinajstić information content (AvgIpc) is 3.24. The largest absolute Gasteiger partial charge is 0.248 e. The molecule has 2 aromatic heterocycles. The van der Waals surface area contributed by atoms with Gasteiger partial charge in [-0.2, -0.15) is 0 Å². The third kappa shape index (κ3) is 3.60. The van der Waals surface area contributed by atoms with Gasteiger partial charge in [-0.25, -0.2) is 9.36 Å². The molecule has 0 aliphatic rings. The highest BCUT2D eigenvalue weighted by Gasteiger charge is 2.13. The minimum absolute atomic E-state index is 0.549. The zero-order chi connectivity index (χ0) is 17.1. The molecule has 6 nitrogen and oxygen atoms in total. The summed E-state index contributed by atoms with van der Waals surface area (Å²) < 4.78 is 4.67. The molecule has 0 bridgehead atoms. The van der Waals surface area contributed by atoms with Gasteiger partial charge in [0.25, 0.3) is 0 Å². The van der Waals surface area contributed by atoms with Gasteiger partial charge in [-0.05, 0) is 28.2 Å². The van der Waals surface area contributed by atoms with Gasteiger partial charge in [-0.1, -0.05) is 71.1 Å². The number of halogens is 1. The summed E-state index contributed by atoms with van der Waals surface area (Å²) in [5.41, 5.74) is 4.00. The number of hydrogen-bond donors (Lipinski definition) is 0. The van der Waals surface area contributed by atoms with Crippen molar-refractivity contribution in [2.45, 2.75) is 13.1 Å². The molecule has 124 valence electrons. The Kier molecular flexibility index (Phi) is 4.55. The second-order valence-electron chi connectivity index (χ2n) is 5.65. The number of nitrogens with zero attached hydrogens (tertiary/aromatic N) is 6. The Morgan fingerprint density at radius 1 is 0.800 bits per heavy atom. The molecule has 0 amide bonds. The van der Waals surface area contributed by atoms with Gasteiger partial charge in [0.2, 0.25) is 0 Å². The fourth-order valence-electron chi connectivity index (χ4n) is 2.59. The van der Waals surface area contributed by atoms with Crippen LogP contribution in [0.25, 0.3) is 11.3 Å². The maximum absolute atomic E-state index is 4.31. The van der Waals surface area contributed by atoms with Crippen molar-refractivity contribution in [3.63, 3.8) is 0 Å². The van der Waals surface area contributed by atoms with Crippen molar-refractivity contribution >= 4 is 22.6 Å². The SMILES string of the molecule is Ic1c(-c2ccccc2)nnn1Cc1cn(Cc2ccccc2)nn1. The fraction of sp³-hybridized carbons (Fsp3) is 0.111. The van der Waals surface area contributed by atoms with Gasteiger partial charge in [-0.15, -0.1) is 10.2 Å². The van der Waals surface area contributed by atoms with Crippen LogP contribution in [0.15, 0.2) is 66.9 Å². The number of aromatic nitrogens is 6. The summed E-state index contributed by atoms with van der Waals surface area (Å²) in [7, 11) is 0. The Morgan fingerprint density at radius 2 is 1.52 bits per heavy atom. The van der Waals surface area contributed by atoms with Crippen LogP contribution in [0.2, 0.25) is 0 Å². The molecule has 2 heterocycles. The summed E-state index contributed by atoms with van der Waals surface area (Å²) in [5, 5.41) is 17.0. The van der Waals surface area contributed by atoms with E-state index in [0.717, 1.165) is 20.7 Å². The van der Waals surface area contributed by atoms with Crippen molar-refractivity contribution in [2.24, 2.45) is 0 Å². The Labute approximate surface area is 158 Å². The average molecular weight is 442 g/mol. The molecule has 0 N–H and O–H groups in total. The number of rotatable bonds is 5. The lowest BCUT2D eigenvalue weighted by Crippen LogP contribution is -2.04. The van der Waals surface area contributed by atoms with E-state index in [4.69, 9.17) is 0 Å². The minimum atomic E-state index is 0.549. The van der Waals surface area contributed by atoms with E-state index in [1.807, 2.05) is 64.1 Å². The third-order valence-corrected chi connectivity index (χ3v) is 4.87. The predicted molar refractivity (Wildman–Crippen MR) is 103 cm³/mol. The van der Waals surface area contributed by atoms with E-state index < -0.39 is 0 Å². The first-order valence-electron chi connectivity index (χ1n) is 7.87. The zero-order valence-electron chi connectivity index (χ0n) is 13.3. The van der Waals surface area contributed by atoms with Crippen LogP contribution in [0.3, 0.4) is 0 Å². The van der Waals surface area contributed by atoms with Gasteiger partial charge >= 0.3 is 0 Å². The van der Waals surface area contributed by atoms with Crippen LogP contribution >= 0.6 is 22.6 Å². The standard InChI is InChI=1S/C18H15IN6/c19-18-17(15-9-5-2-6-10-15)21-23-25(18)13-16-12-24(22-20-16)11-14-7-3-1-4-8-14/h1-10,12H,11,13H2. The normalized spacial score (nSPS) is 10.9. The van der Waals surface area contributed by atoms with Crippen LogP contribution in [0.5, 0.6) is 0 Å². The van der Waals surface area contributed by atoms with Gasteiger partial charge in [-0.3, -0.25) is 0 Å². The van der Waals surface area contributed by atoms with E-state index in [9.17, 15) is 0 Å². The second-order valence-corrected chi connectivity index (χ2v) is 6.67. The Morgan fingerprint density at radius 3 is 2.28 bits per heavy atom. The van der Waals surface area contributed by atoms with E-state index >= 15 is 0 Å². The van der Waals surface area contributed by atoms with E-state index in [2.05, 4.69) is 55.3 Å². The summed E-state index contributed by atoms with van der Waals surface area (Å²) in [5.74, 6) is 0. The lowest BCUT2D eigenvalue weighted by molar-refractivity contribution is 0.622. The molecule has 0 unspecified atom stereocenters. The highest BCUT2D eigenvalue weighted by atomic mass is 127. The highest BCUT2D eigenvalue weighted by Crippen LogP contribution is 2.22. The van der Waals surface area contributed by atoms with Crippen molar-refractivity contribution in [1.82, 2.24) is 30.0 Å². The number of benzene rings is 2. The van der Waals surface area contributed by atoms with Crippen LogP contribution < -0.4 is 0 Å². The first kappa shape index (κ1) is 15.9. The van der Waals surface area contributed by atoms with E-state index in [1.165, 1.54) is 5.56 Å². The molecule has 2 aromatic carbocycles. The molecule has 0 spiro atoms. The van der Waals surface area contributed by atoms with Crippen LogP contribution in [-0.2, 0) is 13.1 Å². The zero-order valence-corrected chi connectivity index (χ0v) is 15.5. The predicted octanol–water partition coefficient (Wildman–Crippen LogP) is 3.24. The molecule has 0 atom stereocenters. The van der Waals surface area contributed by atoms with Gasteiger partial charge in [0.15, 0.2) is 0 Å². The Hall–Kier alpha value is -2.55. The molecule has 7 heteroatoms. The molecular weight excluding hydrogens is 427 g/mol. The number of hydrogen-bond acceptors (Lipinski definition) is 4. The summed E-state index contributed by atoms with van der Waals surface area (Å²) in [6.07, 6.45) is 1.95. The van der Waals surface area contributed by atoms with Crippen molar-refractivity contribution < 1.29 is 0 Å². The van der Waals surface area contributed by atoms with Crippen LogP contribution in [0, 0.1) is 3.70 Å². The molecular formula is C18H15IN6. The van der Waals surface area contributed by atoms with Crippen molar-refractivity contribution in [3.05, 3.63) is 81.8 Å². The monoisotopic (exact) mass is 442 g/mol. The Balaban J connectivity index is 1.51. The molecule has 0 radical (unpaired) electrons. The molecule has 0 saturated heterocycles. The highest BCUT2D eigenvalue weighted by molar-refractivity contribution is 14.1. The third-order valence-electron chi connectivity index (χ3n) is 3.81. The van der Waals surface area contributed by atoms with Crippen LogP contribution in [0.1, 0.15) is 11.3 Å². The quantitative estimate of drug-likeness (QED) is 0.446. The van der Waals surface area contributed by atoms with E-state index in [1.54, 1.807) is 0 Å². The summed E-state index contributed by atoms with van der Waals surface area (Å²) in [6.45, 7) is 1.25. The maximum atomic E-state index is 4.31. The van der Waals surface area contributed by atoms with Gasteiger partial charge in [0.1, 0.15) is 15.1 Å². The molecule has 25 heavy (non-hydrogen) atoms. The van der Waals surface area contributed by atoms with E-state index in [-0.39, 0.29) is 0 Å². The fourth-order valence-corrected chi connectivity index (χ4v) is 3.27. The minimum Gasteiger partial charge on any atom is -0.248 e. The summed E-state index contributed by atoms with van der Waals surface area (Å²) in [6, 6.07) is 20.3. The molecule has 4 aromatic rings. The molecule has 4 rings (SSSR count). The Bertz CT molecular complexity index is 962. The van der Waals surface area contributed by atoms with Crippen LogP contribution in [-0.4, -0.2) is 30.0 Å². The lowest BCUT2D eigenvalue weighted by atomic mass is 10.2. The van der Waals surface area contributed by atoms with Gasteiger partial charge in [0.05, 0.1) is 19.3 Å². The molecule has 0 fully saturated rings. The molecule has 0 aliphatic carbocycles. The summed E-state index contributed by atoms with van der Waals surface area (Å²) in [4.78, 5) is 0. The summed E-state index contributed by atoms with van der Waals surface area (Å²) >= 11 is 2.27. The van der Waals surface area contributed by atoms with Crippen molar-refractivity contribution in [1.29, 1.82) is 0 Å². The van der Waals surface area contributed by atoms with Crippen LogP contribution in [0.4, 0.5) is 0 Å². The van der Waals surface area contributed by atoms with Gasteiger partial charge < -0.3 is 0 Å². The van der Waals surface area contributed by atoms with Crippen molar-refractivity contribution in [2.75, 3.05) is 0 Å². The first-order valence-corrected chi connectivity index (χ1v) is 8.95. The lowest BCUT2D eigenvalue weighted by Gasteiger charge is -2.00. The topological polar surface area (TPSA) is 61.4 Å². The van der Waals surface area contributed by atoms with Gasteiger partial charge in [0, 0.05) is 5.56 Å². The maximum Gasteiger partial charge on any atom is 0.128 e. The first-order chi connectivity index (χ1) is 12.3. The van der Waals surface area contributed by atoms with Crippen molar-refractivity contribution in [3.8, 4) is 11.3 Å². The smallest absolute Gasteiger partial charge is 0.128 e.